The average Bonchev–Trinajstić information content (AvgIpc) is 4.01. The van der Waals surface area contributed by atoms with E-state index >= 15 is 0 Å². The SMILES string of the molecule is Cc1c(-c2ccc3nc([C@@H]4C[C@H]5CC5N4C(=O)[C@H](OC(N)=O)C4CCOCC4)[nH]c3c2)nc2ccc(-c3ccc4nc([C@@H]5C[C@H]6CC6N5C(=O)[C@H](OC(N)=O)C5CCOCC5)[nH]c4c3)cc2c1C. The zero-order valence-corrected chi connectivity index (χ0v) is 38.1. The maximum absolute atomic E-state index is 14.2. The number of fused-ring (bicyclic) bond motifs is 5. The van der Waals surface area contributed by atoms with Crippen LogP contribution in [0, 0.1) is 37.5 Å². The first-order chi connectivity index (χ1) is 33.0. The van der Waals surface area contributed by atoms with Crippen LogP contribution in [0.5, 0.6) is 0 Å². The Hall–Kier alpha value is -6.59. The number of ether oxygens (including phenoxy) is 4. The maximum atomic E-state index is 14.2. The van der Waals surface area contributed by atoms with Gasteiger partial charge < -0.3 is 50.2 Å². The van der Waals surface area contributed by atoms with Crippen LogP contribution in [-0.2, 0) is 28.5 Å². The van der Waals surface area contributed by atoms with E-state index in [2.05, 4.69) is 66.3 Å². The Labute approximate surface area is 391 Å². The Morgan fingerprint density at radius 1 is 0.603 bits per heavy atom. The lowest BCUT2D eigenvalue weighted by molar-refractivity contribution is -0.148. The monoisotopic (exact) mass is 921 g/mol. The summed E-state index contributed by atoms with van der Waals surface area (Å²) in [6.45, 7) is 6.30. The van der Waals surface area contributed by atoms with E-state index in [1.165, 1.54) is 0 Å². The van der Waals surface area contributed by atoms with Crippen LogP contribution in [0.15, 0.2) is 54.6 Å². The standard InChI is InChI=1S/C51H55N9O8/c1-24-25(2)43(30-5-8-36-38(19-30)58-47(56-36)42-23-32-21-40(32)60(42)49(62)45(68-51(53)64)27-11-15-66-16-12-27)54-34-6-3-28(17-33(24)34)29-4-7-35-37(18-29)57-46(55-35)41-22-31-20-39(31)59(41)48(61)44(67-50(52)63)26-9-13-65-14-10-26/h3-8,17-19,26-27,31-32,39-42,44-45H,9-16,20-23H2,1-2H3,(H2,52,63)(H2,53,64)(H,55,57)(H,56,58)/t31-,32-,39?,40?,41+,42+,44-,45-/m1/s1. The third-order valence-electron chi connectivity index (χ3n) is 15.9. The number of piperidine rings is 2. The van der Waals surface area contributed by atoms with Crippen LogP contribution in [0.25, 0.3) is 55.4 Å². The number of H-pyrrole nitrogens is 2. The molecule has 4 aliphatic heterocycles. The van der Waals surface area contributed by atoms with Gasteiger partial charge in [0.25, 0.3) is 11.8 Å². The number of nitrogens with zero attached hydrogens (tertiary/aromatic N) is 5. The van der Waals surface area contributed by atoms with Crippen LogP contribution in [0.3, 0.4) is 0 Å². The average molecular weight is 922 g/mol. The van der Waals surface area contributed by atoms with Gasteiger partial charge in [-0.1, -0.05) is 18.2 Å². The lowest BCUT2D eigenvalue weighted by atomic mass is 9.92. The summed E-state index contributed by atoms with van der Waals surface area (Å²) in [5.41, 5.74) is 21.3. The fourth-order valence-corrected chi connectivity index (χ4v) is 12.0. The van der Waals surface area contributed by atoms with E-state index in [1.54, 1.807) is 0 Å². The summed E-state index contributed by atoms with van der Waals surface area (Å²) in [7, 11) is 0. The molecule has 6 aromatic rings. The van der Waals surface area contributed by atoms with Gasteiger partial charge in [-0.25, -0.2) is 24.5 Å². The molecule has 17 nitrogen and oxygen atoms in total. The van der Waals surface area contributed by atoms with Gasteiger partial charge in [-0.05, 0) is 136 Å². The van der Waals surface area contributed by atoms with Gasteiger partial charge in [0.05, 0.1) is 45.4 Å². The Kier molecular flexibility index (Phi) is 10.4. The molecule has 12 rings (SSSR count). The second kappa shape index (κ2) is 16.6. The molecule has 352 valence electrons. The fraction of sp³-hybridized carbons (Fsp3) is 0.471. The van der Waals surface area contributed by atoms with Crippen molar-refractivity contribution in [2.45, 2.75) is 102 Å². The molecule has 0 bridgehead atoms. The quantitative estimate of drug-likeness (QED) is 0.109. The van der Waals surface area contributed by atoms with Gasteiger partial charge in [0, 0.05) is 61.3 Å². The molecule has 68 heavy (non-hydrogen) atoms. The van der Waals surface area contributed by atoms with Crippen LogP contribution in [-0.4, -0.2) is 109 Å². The van der Waals surface area contributed by atoms with Crippen molar-refractivity contribution < 1.29 is 38.1 Å². The van der Waals surface area contributed by atoms with Crippen molar-refractivity contribution in [2.75, 3.05) is 26.4 Å². The summed E-state index contributed by atoms with van der Waals surface area (Å²) in [4.78, 5) is 78.5. The number of hydrogen-bond donors (Lipinski definition) is 4. The molecule has 0 spiro atoms. The molecule has 4 amide bonds. The highest BCUT2D eigenvalue weighted by Crippen LogP contribution is 2.55. The summed E-state index contributed by atoms with van der Waals surface area (Å²) < 4.78 is 22.1. The van der Waals surface area contributed by atoms with E-state index in [0.717, 1.165) is 104 Å². The van der Waals surface area contributed by atoms with E-state index in [-0.39, 0.29) is 47.8 Å². The molecule has 17 heteroatoms. The molecule has 6 aliphatic rings. The first-order valence-corrected chi connectivity index (χ1v) is 24.1. The molecule has 8 atom stereocenters. The molecule has 6 N–H and O–H groups in total. The Morgan fingerprint density at radius 2 is 1.06 bits per heavy atom. The Bertz CT molecular complexity index is 3030. The second-order valence-corrected chi connectivity index (χ2v) is 19.9. The first kappa shape index (κ1) is 42.7. The number of aryl methyl sites for hydroxylation is 1. The van der Waals surface area contributed by atoms with E-state index in [4.69, 9.17) is 45.4 Å². The number of hydrogen-bond acceptors (Lipinski definition) is 11. The Morgan fingerprint density at radius 3 is 1.56 bits per heavy atom. The molecule has 2 saturated carbocycles. The number of carbonyl (C=O) groups is 4. The van der Waals surface area contributed by atoms with Crippen molar-refractivity contribution in [3.8, 4) is 22.4 Å². The number of pyridine rings is 1. The topological polar surface area (TPSA) is 234 Å². The third-order valence-corrected chi connectivity index (χ3v) is 15.9. The van der Waals surface area contributed by atoms with Gasteiger partial charge >= 0.3 is 12.2 Å². The molecule has 7 heterocycles. The summed E-state index contributed by atoms with van der Waals surface area (Å²) >= 11 is 0. The fourth-order valence-electron chi connectivity index (χ4n) is 12.0. The largest absolute Gasteiger partial charge is 0.436 e. The zero-order valence-electron chi connectivity index (χ0n) is 38.1. The van der Waals surface area contributed by atoms with Gasteiger partial charge in [-0.2, -0.15) is 0 Å². The number of rotatable bonds is 10. The second-order valence-electron chi connectivity index (χ2n) is 19.9. The van der Waals surface area contributed by atoms with E-state index in [9.17, 15) is 19.2 Å². The normalized spacial score (nSPS) is 25.6. The number of aromatic nitrogens is 5. The number of benzene rings is 3. The van der Waals surface area contributed by atoms with Crippen LogP contribution in [0.2, 0.25) is 0 Å². The molecule has 4 saturated heterocycles. The molecule has 3 aromatic heterocycles. The van der Waals surface area contributed by atoms with Crippen molar-refractivity contribution >= 4 is 57.0 Å². The highest BCUT2D eigenvalue weighted by atomic mass is 16.6. The van der Waals surface area contributed by atoms with Crippen molar-refractivity contribution in [1.82, 2.24) is 34.7 Å². The molecular formula is C51H55N9O8. The number of likely N-dealkylation sites (tertiary alicyclic amines) is 2. The number of carbonyl (C=O) groups excluding carboxylic acids is 4. The highest BCUT2D eigenvalue weighted by molar-refractivity contribution is 5.93. The minimum atomic E-state index is -0.947. The molecule has 3 aromatic carbocycles. The smallest absolute Gasteiger partial charge is 0.405 e. The lowest BCUT2D eigenvalue weighted by Gasteiger charge is -2.34. The lowest BCUT2D eigenvalue weighted by Crippen LogP contribution is -2.48. The van der Waals surface area contributed by atoms with Crippen LogP contribution in [0.4, 0.5) is 9.59 Å². The number of aromatic amines is 2. The minimum absolute atomic E-state index is 0.0930. The van der Waals surface area contributed by atoms with Crippen molar-refractivity contribution in [3.63, 3.8) is 0 Å². The molecular weight excluding hydrogens is 867 g/mol. The molecule has 2 aliphatic carbocycles. The summed E-state index contributed by atoms with van der Waals surface area (Å²) in [5, 5.41) is 1.06. The molecule has 2 unspecified atom stereocenters. The molecule has 6 fully saturated rings. The van der Waals surface area contributed by atoms with Crippen LogP contribution < -0.4 is 11.5 Å². The summed E-state index contributed by atoms with van der Waals surface area (Å²) in [6, 6.07) is 18.4. The highest BCUT2D eigenvalue weighted by Gasteiger charge is 2.58. The van der Waals surface area contributed by atoms with E-state index < -0.39 is 24.4 Å². The van der Waals surface area contributed by atoms with Gasteiger partial charge in [0.1, 0.15) is 11.6 Å². The van der Waals surface area contributed by atoms with Gasteiger partial charge in [-0.15, -0.1) is 0 Å². The number of primary amides is 2. The van der Waals surface area contributed by atoms with Crippen LogP contribution >= 0.6 is 0 Å². The first-order valence-electron chi connectivity index (χ1n) is 24.1. The third kappa shape index (κ3) is 7.50. The van der Waals surface area contributed by atoms with Crippen molar-refractivity contribution in [1.29, 1.82) is 0 Å². The van der Waals surface area contributed by atoms with Crippen molar-refractivity contribution in [3.05, 3.63) is 77.4 Å². The van der Waals surface area contributed by atoms with Gasteiger partial charge in [0.2, 0.25) is 0 Å². The van der Waals surface area contributed by atoms with E-state index in [1.807, 2.05) is 21.9 Å². The maximum Gasteiger partial charge on any atom is 0.405 e. The predicted molar refractivity (Wildman–Crippen MR) is 250 cm³/mol. The molecule has 0 radical (unpaired) electrons. The number of nitrogens with two attached hydrogens (primary N) is 2. The van der Waals surface area contributed by atoms with E-state index in [0.29, 0.717) is 63.9 Å². The van der Waals surface area contributed by atoms with Crippen molar-refractivity contribution in [2.24, 2.45) is 35.1 Å². The predicted octanol–water partition coefficient (Wildman–Crippen LogP) is 7.04. The van der Waals surface area contributed by atoms with Gasteiger partial charge in [0.15, 0.2) is 12.2 Å². The Balaban J connectivity index is 0.794. The zero-order chi connectivity index (χ0) is 46.5. The summed E-state index contributed by atoms with van der Waals surface area (Å²) in [5.74, 6) is 1.53. The number of imidazole rings is 2. The summed E-state index contributed by atoms with van der Waals surface area (Å²) in [6.07, 6.45) is 2.18. The number of amides is 4. The number of nitrogens with one attached hydrogen (secondary N) is 2. The van der Waals surface area contributed by atoms with Crippen LogP contribution in [0.1, 0.15) is 86.2 Å². The van der Waals surface area contributed by atoms with Gasteiger partial charge in [-0.3, -0.25) is 9.59 Å². The minimum Gasteiger partial charge on any atom is -0.436 e.